The quantitative estimate of drug-likeness (QED) is 0.415. The molecule has 3 aromatic carbocycles. The standard InChI is InChI=1S/C25H25N3O5/c26-22(29)14-20(24(27)30)28-25(31)19-12-7-13-21(32-15-17-8-3-1-4-9-17)23(19)33-16-18-10-5-2-6-11-18/h1-13,20H,14-16H2,(H2,26,29)(H2,27,30)(H,28,31)/t20-/m0/s1. The number of carbonyl (C=O) groups is 3. The van der Waals surface area contributed by atoms with Crippen molar-refractivity contribution in [1.29, 1.82) is 0 Å². The summed E-state index contributed by atoms with van der Waals surface area (Å²) in [5, 5.41) is 2.45. The minimum Gasteiger partial charge on any atom is -0.485 e. The van der Waals surface area contributed by atoms with Crippen molar-refractivity contribution in [2.45, 2.75) is 25.7 Å². The third-order valence-corrected chi connectivity index (χ3v) is 4.74. The normalized spacial score (nSPS) is 11.3. The van der Waals surface area contributed by atoms with E-state index in [2.05, 4.69) is 5.32 Å². The van der Waals surface area contributed by atoms with Gasteiger partial charge in [-0.1, -0.05) is 66.7 Å². The molecule has 1 atom stereocenters. The summed E-state index contributed by atoms with van der Waals surface area (Å²) in [5.41, 5.74) is 12.4. The summed E-state index contributed by atoms with van der Waals surface area (Å²) in [5.74, 6) is -1.72. The molecule has 3 aromatic rings. The lowest BCUT2D eigenvalue weighted by Crippen LogP contribution is -2.46. The molecule has 0 aliphatic rings. The Balaban J connectivity index is 1.87. The molecule has 8 nitrogen and oxygen atoms in total. The third-order valence-electron chi connectivity index (χ3n) is 4.74. The molecule has 8 heteroatoms. The van der Waals surface area contributed by atoms with Crippen molar-refractivity contribution in [2.75, 3.05) is 0 Å². The van der Waals surface area contributed by atoms with Gasteiger partial charge in [-0.3, -0.25) is 14.4 Å². The van der Waals surface area contributed by atoms with Crippen LogP contribution in [-0.4, -0.2) is 23.8 Å². The number of amides is 3. The van der Waals surface area contributed by atoms with E-state index in [4.69, 9.17) is 20.9 Å². The first-order chi connectivity index (χ1) is 15.9. The Morgan fingerprint density at radius 3 is 1.88 bits per heavy atom. The van der Waals surface area contributed by atoms with Crippen LogP contribution >= 0.6 is 0 Å². The minimum absolute atomic E-state index is 0.132. The zero-order valence-electron chi connectivity index (χ0n) is 17.9. The molecule has 0 aliphatic heterocycles. The fraction of sp³-hybridized carbons (Fsp3) is 0.160. The maximum absolute atomic E-state index is 13.0. The number of carbonyl (C=O) groups excluding carboxylic acids is 3. The van der Waals surface area contributed by atoms with Crippen molar-refractivity contribution in [1.82, 2.24) is 5.32 Å². The Morgan fingerprint density at radius 2 is 1.33 bits per heavy atom. The van der Waals surface area contributed by atoms with Gasteiger partial charge in [-0.25, -0.2) is 0 Å². The van der Waals surface area contributed by atoms with E-state index >= 15 is 0 Å². The maximum Gasteiger partial charge on any atom is 0.255 e. The topological polar surface area (TPSA) is 134 Å². The van der Waals surface area contributed by atoms with Gasteiger partial charge >= 0.3 is 0 Å². The van der Waals surface area contributed by atoms with Crippen LogP contribution in [0.25, 0.3) is 0 Å². The van der Waals surface area contributed by atoms with Crippen molar-refractivity contribution in [2.24, 2.45) is 11.5 Å². The Hall–Kier alpha value is -4.33. The monoisotopic (exact) mass is 447 g/mol. The predicted molar refractivity (Wildman–Crippen MR) is 122 cm³/mol. The molecule has 3 amide bonds. The van der Waals surface area contributed by atoms with E-state index in [0.29, 0.717) is 5.75 Å². The van der Waals surface area contributed by atoms with Crippen molar-refractivity contribution in [3.8, 4) is 11.5 Å². The van der Waals surface area contributed by atoms with E-state index < -0.39 is 30.2 Å². The molecule has 0 spiro atoms. The first-order valence-corrected chi connectivity index (χ1v) is 10.3. The summed E-state index contributed by atoms with van der Waals surface area (Å²) in [6, 6.07) is 22.6. The van der Waals surface area contributed by atoms with Crippen LogP contribution in [0.2, 0.25) is 0 Å². The largest absolute Gasteiger partial charge is 0.485 e. The Morgan fingerprint density at radius 1 is 0.758 bits per heavy atom. The molecule has 0 saturated carbocycles. The Labute approximate surface area is 191 Å². The second-order valence-corrected chi connectivity index (χ2v) is 7.28. The summed E-state index contributed by atoms with van der Waals surface area (Å²) in [6.07, 6.45) is -0.411. The number of benzene rings is 3. The highest BCUT2D eigenvalue weighted by molar-refractivity contribution is 6.01. The van der Waals surface area contributed by atoms with Crippen LogP contribution in [0.15, 0.2) is 78.9 Å². The number of primary amides is 2. The molecule has 0 radical (unpaired) electrons. The van der Waals surface area contributed by atoms with E-state index in [9.17, 15) is 14.4 Å². The van der Waals surface area contributed by atoms with E-state index in [1.54, 1.807) is 12.1 Å². The van der Waals surface area contributed by atoms with Crippen molar-refractivity contribution >= 4 is 17.7 Å². The van der Waals surface area contributed by atoms with Crippen molar-refractivity contribution in [3.05, 3.63) is 95.6 Å². The number of hydrogen-bond acceptors (Lipinski definition) is 5. The minimum atomic E-state index is -1.24. The molecule has 0 heterocycles. The summed E-state index contributed by atoms with van der Waals surface area (Å²) >= 11 is 0. The molecule has 0 bridgehead atoms. The number of hydrogen-bond donors (Lipinski definition) is 3. The number of ether oxygens (including phenoxy) is 2. The van der Waals surface area contributed by atoms with Gasteiger partial charge in [0.25, 0.3) is 5.91 Å². The zero-order chi connectivity index (χ0) is 23.6. The fourth-order valence-corrected chi connectivity index (χ4v) is 3.08. The van der Waals surface area contributed by atoms with Crippen LogP contribution < -0.4 is 26.3 Å². The average Bonchev–Trinajstić information content (AvgIpc) is 2.82. The number of para-hydroxylation sites is 1. The van der Waals surface area contributed by atoms with Crippen LogP contribution in [0.1, 0.15) is 27.9 Å². The van der Waals surface area contributed by atoms with E-state index in [1.807, 2.05) is 60.7 Å². The van der Waals surface area contributed by atoms with Gasteiger partial charge in [0.05, 0.1) is 12.0 Å². The number of nitrogens with two attached hydrogens (primary N) is 2. The van der Waals surface area contributed by atoms with Gasteiger partial charge in [0.1, 0.15) is 19.3 Å². The lowest BCUT2D eigenvalue weighted by atomic mass is 10.1. The van der Waals surface area contributed by atoms with Crippen molar-refractivity contribution < 1.29 is 23.9 Å². The van der Waals surface area contributed by atoms with Crippen LogP contribution in [0, 0.1) is 0 Å². The zero-order valence-corrected chi connectivity index (χ0v) is 17.9. The number of nitrogens with one attached hydrogen (secondary N) is 1. The summed E-state index contributed by atoms with van der Waals surface area (Å²) in [6.45, 7) is 0.451. The van der Waals surface area contributed by atoms with Crippen LogP contribution in [0.3, 0.4) is 0 Å². The average molecular weight is 447 g/mol. The van der Waals surface area contributed by atoms with Gasteiger partial charge in [0.15, 0.2) is 11.5 Å². The molecular weight excluding hydrogens is 422 g/mol. The molecular formula is C25H25N3O5. The molecule has 0 aliphatic carbocycles. The molecule has 33 heavy (non-hydrogen) atoms. The van der Waals surface area contributed by atoms with Crippen LogP contribution in [0.5, 0.6) is 11.5 Å². The molecule has 0 fully saturated rings. The van der Waals surface area contributed by atoms with Gasteiger partial charge < -0.3 is 26.3 Å². The number of rotatable bonds is 11. The van der Waals surface area contributed by atoms with E-state index in [0.717, 1.165) is 11.1 Å². The van der Waals surface area contributed by atoms with Crippen LogP contribution in [0.4, 0.5) is 0 Å². The van der Waals surface area contributed by atoms with Gasteiger partial charge in [0.2, 0.25) is 11.8 Å². The fourth-order valence-electron chi connectivity index (χ4n) is 3.08. The Bertz CT molecular complexity index is 1100. The summed E-state index contributed by atoms with van der Waals surface area (Å²) in [4.78, 5) is 35.9. The molecule has 3 rings (SSSR count). The first kappa shape index (κ1) is 23.3. The SMILES string of the molecule is NC(=O)C[C@H](NC(=O)c1cccc(OCc2ccccc2)c1OCc1ccccc1)C(N)=O. The summed E-state index contributed by atoms with van der Waals surface area (Å²) in [7, 11) is 0. The highest BCUT2D eigenvalue weighted by Crippen LogP contribution is 2.33. The molecule has 170 valence electrons. The van der Waals surface area contributed by atoms with Gasteiger partial charge in [-0.2, -0.15) is 0 Å². The molecule has 0 saturated heterocycles. The predicted octanol–water partition coefficient (Wildman–Crippen LogP) is 2.30. The lowest BCUT2D eigenvalue weighted by molar-refractivity contribution is -0.124. The molecule has 5 N–H and O–H groups in total. The van der Waals surface area contributed by atoms with Crippen molar-refractivity contribution in [3.63, 3.8) is 0 Å². The Kier molecular flexibility index (Phi) is 8.02. The van der Waals surface area contributed by atoms with E-state index in [1.165, 1.54) is 6.07 Å². The second kappa shape index (κ2) is 11.3. The van der Waals surface area contributed by atoms with Gasteiger partial charge in [0, 0.05) is 0 Å². The highest BCUT2D eigenvalue weighted by atomic mass is 16.5. The maximum atomic E-state index is 13.0. The smallest absolute Gasteiger partial charge is 0.255 e. The first-order valence-electron chi connectivity index (χ1n) is 10.3. The lowest BCUT2D eigenvalue weighted by Gasteiger charge is -2.18. The third kappa shape index (κ3) is 6.83. The molecule has 0 aromatic heterocycles. The van der Waals surface area contributed by atoms with Gasteiger partial charge in [-0.15, -0.1) is 0 Å². The van der Waals surface area contributed by atoms with Crippen LogP contribution in [-0.2, 0) is 22.8 Å². The summed E-state index contributed by atoms with van der Waals surface area (Å²) < 4.78 is 11.9. The molecule has 0 unspecified atom stereocenters. The second-order valence-electron chi connectivity index (χ2n) is 7.28. The highest BCUT2D eigenvalue weighted by Gasteiger charge is 2.24. The van der Waals surface area contributed by atoms with E-state index in [-0.39, 0.29) is 24.5 Å². The van der Waals surface area contributed by atoms with Gasteiger partial charge in [-0.05, 0) is 23.3 Å².